The van der Waals surface area contributed by atoms with Crippen LogP contribution in [-0.2, 0) is 9.47 Å². The second-order valence-corrected chi connectivity index (χ2v) is 3.53. The Labute approximate surface area is 75.0 Å². The van der Waals surface area contributed by atoms with E-state index in [4.69, 9.17) is 4.74 Å². The Balaban J connectivity index is 2.01. The van der Waals surface area contributed by atoms with E-state index in [9.17, 15) is 13.2 Å². The van der Waals surface area contributed by atoms with E-state index < -0.39 is 12.8 Å². The Hall–Kier alpha value is -0.290. The van der Waals surface area contributed by atoms with E-state index >= 15 is 0 Å². The summed E-state index contributed by atoms with van der Waals surface area (Å²) in [6, 6.07) is 0. The van der Waals surface area contributed by atoms with Gasteiger partial charge >= 0.3 is 6.18 Å². The molecule has 0 aliphatic heterocycles. The van der Waals surface area contributed by atoms with Crippen molar-refractivity contribution >= 4 is 0 Å². The first kappa shape index (κ1) is 10.8. The Bertz CT molecular complexity index is 163. The summed E-state index contributed by atoms with van der Waals surface area (Å²) < 4.78 is 44.2. The van der Waals surface area contributed by atoms with Gasteiger partial charge in [0.15, 0.2) is 0 Å². The fraction of sp³-hybridized carbons (Fsp3) is 1.00. The fourth-order valence-corrected chi connectivity index (χ4v) is 1.16. The Morgan fingerprint density at radius 2 is 1.92 bits per heavy atom. The van der Waals surface area contributed by atoms with E-state index in [1.165, 1.54) is 0 Å². The number of rotatable bonds is 4. The van der Waals surface area contributed by atoms with Gasteiger partial charge in [-0.3, -0.25) is 0 Å². The molecule has 78 valence electrons. The molecule has 0 heterocycles. The molecule has 1 aliphatic carbocycles. The van der Waals surface area contributed by atoms with Crippen LogP contribution in [0.4, 0.5) is 13.2 Å². The lowest BCUT2D eigenvalue weighted by Gasteiger charge is -2.37. The minimum Gasteiger partial charge on any atom is -0.349 e. The smallest absolute Gasteiger partial charge is 0.349 e. The van der Waals surface area contributed by atoms with Gasteiger partial charge in [0, 0.05) is 0 Å². The highest BCUT2D eigenvalue weighted by Crippen LogP contribution is 2.34. The van der Waals surface area contributed by atoms with Crippen molar-refractivity contribution < 1.29 is 22.6 Å². The third-order valence-corrected chi connectivity index (χ3v) is 2.17. The van der Waals surface area contributed by atoms with Gasteiger partial charge in [-0.2, -0.15) is 13.2 Å². The molecule has 1 saturated carbocycles. The monoisotopic (exact) mass is 198 g/mol. The van der Waals surface area contributed by atoms with Crippen molar-refractivity contribution in [2.45, 2.75) is 38.0 Å². The van der Waals surface area contributed by atoms with Gasteiger partial charge in [0.25, 0.3) is 0 Å². The Kier molecular flexibility index (Phi) is 3.18. The zero-order chi connectivity index (χ0) is 9.95. The van der Waals surface area contributed by atoms with Crippen molar-refractivity contribution in [2.75, 3.05) is 13.4 Å². The van der Waals surface area contributed by atoms with Crippen molar-refractivity contribution in [3.05, 3.63) is 0 Å². The highest BCUT2D eigenvalue weighted by atomic mass is 19.4. The summed E-state index contributed by atoms with van der Waals surface area (Å²) in [4.78, 5) is 0. The number of alkyl halides is 3. The molecule has 13 heavy (non-hydrogen) atoms. The van der Waals surface area contributed by atoms with Gasteiger partial charge in [-0.05, 0) is 26.2 Å². The molecule has 0 unspecified atom stereocenters. The van der Waals surface area contributed by atoms with Crippen LogP contribution in [0.2, 0.25) is 0 Å². The van der Waals surface area contributed by atoms with Gasteiger partial charge in [-0.25, -0.2) is 0 Å². The SMILES string of the molecule is CC1(OCOCC(F)(F)F)CCC1. The quantitative estimate of drug-likeness (QED) is 0.510. The van der Waals surface area contributed by atoms with Crippen LogP contribution >= 0.6 is 0 Å². The van der Waals surface area contributed by atoms with Gasteiger partial charge in [0.2, 0.25) is 0 Å². The molecule has 0 bridgehead atoms. The van der Waals surface area contributed by atoms with Gasteiger partial charge in [0.1, 0.15) is 13.4 Å². The lowest BCUT2D eigenvalue weighted by Crippen LogP contribution is -2.37. The minimum absolute atomic E-state index is 0.244. The lowest BCUT2D eigenvalue weighted by molar-refractivity contribution is -0.223. The van der Waals surface area contributed by atoms with Crippen LogP contribution in [0, 0.1) is 0 Å². The highest BCUT2D eigenvalue weighted by molar-refractivity contribution is 4.84. The Morgan fingerprint density at radius 3 is 2.31 bits per heavy atom. The summed E-state index contributed by atoms with van der Waals surface area (Å²) in [5.74, 6) is 0. The third kappa shape index (κ3) is 3.95. The first-order chi connectivity index (χ1) is 5.91. The number of hydrogen-bond donors (Lipinski definition) is 0. The molecule has 0 aromatic rings. The summed E-state index contributed by atoms with van der Waals surface area (Å²) in [5, 5.41) is 0. The molecule has 1 aliphatic rings. The topological polar surface area (TPSA) is 18.5 Å². The van der Waals surface area contributed by atoms with Gasteiger partial charge in [0.05, 0.1) is 5.60 Å². The van der Waals surface area contributed by atoms with Gasteiger partial charge in [-0.15, -0.1) is 0 Å². The summed E-state index contributed by atoms with van der Waals surface area (Å²) in [6.07, 6.45) is -1.37. The standard InChI is InChI=1S/C8H13F3O2/c1-7(3-2-4-7)13-6-12-5-8(9,10)11/h2-6H2,1H3. The molecular formula is C8H13F3O2. The molecule has 0 atom stereocenters. The minimum atomic E-state index is -4.26. The van der Waals surface area contributed by atoms with Gasteiger partial charge < -0.3 is 9.47 Å². The average Bonchev–Trinajstić information content (AvgIpc) is 1.93. The average molecular weight is 198 g/mol. The molecule has 0 aromatic carbocycles. The summed E-state index contributed by atoms with van der Waals surface area (Å²) in [5.41, 5.74) is -0.244. The molecule has 5 heteroatoms. The van der Waals surface area contributed by atoms with Crippen molar-refractivity contribution in [2.24, 2.45) is 0 Å². The van der Waals surface area contributed by atoms with E-state index in [1.807, 2.05) is 6.92 Å². The molecule has 0 aromatic heterocycles. The van der Waals surface area contributed by atoms with E-state index in [0.29, 0.717) is 0 Å². The molecule has 0 amide bonds. The van der Waals surface area contributed by atoms with Gasteiger partial charge in [-0.1, -0.05) is 0 Å². The zero-order valence-electron chi connectivity index (χ0n) is 7.49. The Morgan fingerprint density at radius 1 is 1.31 bits per heavy atom. The van der Waals surface area contributed by atoms with E-state index in [2.05, 4.69) is 4.74 Å². The van der Waals surface area contributed by atoms with Crippen LogP contribution in [0.1, 0.15) is 26.2 Å². The van der Waals surface area contributed by atoms with Crippen LogP contribution in [0.25, 0.3) is 0 Å². The molecule has 0 radical (unpaired) electrons. The predicted molar refractivity (Wildman–Crippen MR) is 40.2 cm³/mol. The highest BCUT2D eigenvalue weighted by Gasteiger charge is 2.33. The molecule has 2 nitrogen and oxygen atoms in total. The van der Waals surface area contributed by atoms with E-state index in [1.54, 1.807) is 0 Å². The van der Waals surface area contributed by atoms with E-state index in [0.717, 1.165) is 19.3 Å². The summed E-state index contributed by atoms with van der Waals surface area (Å²) in [6.45, 7) is 0.381. The van der Waals surface area contributed by atoms with E-state index in [-0.39, 0.29) is 12.4 Å². The second kappa shape index (κ2) is 3.84. The molecule has 1 rings (SSSR count). The van der Waals surface area contributed by atoms with Crippen LogP contribution in [0.3, 0.4) is 0 Å². The van der Waals surface area contributed by atoms with Crippen molar-refractivity contribution in [1.29, 1.82) is 0 Å². The fourth-order valence-electron chi connectivity index (χ4n) is 1.16. The maximum atomic E-state index is 11.6. The predicted octanol–water partition coefficient (Wildman–Crippen LogP) is 2.48. The second-order valence-electron chi connectivity index (χ2n) is 3.53. The largest absolute Gasteiger partial charge is 0.411 e. The molecule has 0 spiro atoms. The maximum absolute atomic E-state index is 11.6. The van der Waals surface area contributed by atoms with Crippen LogP contribution in [0.5, 0.6) is 0 Å². The molecular weight excluding hydrogens is 185 g/mol. The van der Waals surface area contributed by atoms with Crippen LogP contribution < -0.4 is 0 Å². The zero-order valence-corrected chi connectivity index (χ0v) is 7.49. The van der Waals surface area contributed by atoms with Crippen LogP contribution in [0.15, 0.2) is 0 Å². The number of ether oxygens (including phenoxy) is 2. The maximum Gasteiger partial charge on any atom is 0.411 e. The van der Waals surface area contributed by atoms with Crippen molar-refractivity contribution in [3.63, 3.8) is 0 Å². The lowest BCUT2D eigenvalue weighted by atomic mass is 9.82. The first-order valence-electron chi connectivity index (χ1n) is 4.20. The van der Waals surface area contributed by atoms with Crippen molar-refractivity contribution in [1.82, 2.24) is 0 Å². The third-order valence-electron chi connectivity index (χ3n) is 2.17. The summed E-state index contributed by atoms with van der Waals surface area (Å²) in [7, 11) is 0. The normalized spacial score (nSPS) is 21.2. The number of hydrogen-bond acceptors (Lipinski definition) is 2. The van der Waals surface area contributed by atoms with Crippen LogP contribution in [-0.4, -0.2) is 25.2 Å². The number of halogens is 3. The summed E-state index contributed by atoms with van der Waals surface area (Å²) >= 11 is 0. The van der Waals surface area contributed by atoms with Crippen molar-refractivity contribution in [3.8, 4) is 0 Å². The molecule has 1 fully saturated rings. The molecule has 0 N–H and O–H groups in total. The molecule has 0 saturated heterocycles. The first-order valence-corrected chi connectivity index (χ1v) is 4.20.